The molecular weight excluding hydrogens is 292 g/mol. The quantitative estimate of drug-likeness (QED) is 0.913. The van der Waals surface area contributed by atoms with Crippen LogP contribution in [0, 0.1) is 5.92 Å². The molecule has 1 N–H and O–H groups in total. The molecule has 1 aliphatic heterocycles. The summed E-state index contributed by atoms with van der Waals surface area (Å²) in [7, 11) is 0. The van der Waals surface area contributed by atoms with Crippen LogP contribution in [-0.2, 0) is 4.79 Å². The average molecular weight is 304 g/mol. The minimum atomic E-state index is -0.858. The molecule has 1 fully saturated rings. The van der Waals surface area contributed by atoms with E-state index in [0.29, 0.717) is 29.4 Å². The summed E-state index contributed by atoms with van der Waals surface area (Å²) >= 11 is 1.32. The van der Waals surface area contributed by atoms with Gasteiger partial charge in [0, 0.05) is 30.9 Å². The highest BCUT2D eigenvalue weighted by Gasteiger charge is 2.32. The third kappa shape index (κ3) is 2.75. The van der Waals surface area contributed by atoms with Gasteiger partial charge in [0.2, 0.25) is 0 Å². The summed E-state index contributed by atoms with van der Waals surface area (Å²) in [5.74, 6) is -1.57. The molecule has 108 valence electrons. The van der Waals surface area contributed by atoms with Gasteiger partial charge in [-0.25, -0.2) is 4.98 Å². The maximum Gasteiger partial charge on any atom is 0.308 e. The van der Waals surface area contributed by atoms with Gasteiger partial charge in [-0.3, -0.25) is 19.6 Å². The van der Waals surface area contributed by atoms with Gasteiger partial charge < -0.3 is 10.0 Å². The zero-order valence-electron chi connectivity index (χ0n) is 11.0. The molecule has 2 aromatic heterocycles. The molecule has 0 aliphatic carbocycles. The first kappa shape index (κ1) is 13.6. The van der Waals surface area contributed by atoms with Crippen molar-refractivity contribution in [3.8, 4) is 10.7 Å². The van der Waals surface area contributed by atoms with Crippen molar-refractivity contribution in [2.24, 2.45) is 5.92 Å². The molecule has 21 heavy (non-hydrogen) atoms. The lowest BCUT2D eigenvalue weighted by atomic mass is 10.1. The number of likely N-dealkylation sites (tertiary alicyclic amines) is 1. The number of hydrogen-bond donors (Lipinski definition) is 1. The second-order valence-electron chi connectivity index (χ2n) is 4.70. The van der Waals surface area contributed by atoms with Crippen LogP contribution in [0.5, 0.6) is 0 Å². The first-order valence-electron chi connectivity index (χ1n) is 6.39. The Bertz CT molecular complexity index is 673. The highest BCUT2D eigenvalue weighted by Crippen LogP contribution is 2.23. The smallest absolute Gasteiger partial charge is 0.308 e. The summed E-state index contributed by atoms with van der Waals surface area (Å²) in [6.45, 7) is 0.694. The molecule has 1 saturated heterocycles. The van der Waals surface area contributed by atoms with E-state index in [1.807, 2.05) is 0 Å². The van der Waals surface area contributed by atoms with Crippen molar-refractivity contribution in [3.05, 3.63) is 29.7 Å². The lowest BCUT2D eigenvalue weighted by Gasteiger charge is -2.13. The van der Waals surface area contributed by atoms with Crippen molar-refractivity contribution in [1.29, 1.82) is 0 Å². The molecule has 1 aliphatic rings. The van der Waals surface area contributed by atoms with E-state index >= 15 is 0 Å². The van der Waals surface area contributed by atoms with E-state index in [4.69, 9.17) is 5.11 Å². The summed E-state index contributed by atoms with van der Waals surface area (Å²) in [6.07, 6.45) is 5.21. The summed E-state index contributed by atoms with van der Waals surface area (Å²) in [6, 6.07) is 0. The van der Waals surface area contributed by atoms with Gasteiger partial charge in [0.25, 0.3) is 5.91 Å². The minimum Gasteiger partial charge on any atom is -0.481 e. The van der Waals surface area contributed by atoms with Crippen molar-refractivity contribution in [1.82, 2.24) is 19.9 Å². The Balaban J connectivity index is 1.75. The van der Waals surface area contributed by atoms with Crippen LogP contribution in [-0.4, -0.2) is 49.9 Å². The van der Waals surface area contributed by atoms with Gasteiger partial charge in [0.05, 0.1) is 12.1 Å². The van der Waals surface area contributed by atoms with Gasteiger partial charge in [0.1, 0.15) is 16.4 Å². The van der Waals surface area contributed by atoms with Gasteiger partial charge in [-0.2, -0.15) is 0 Å². The topological polar surface area (TPSA) is 96.3 Å². The molecule has 0 saturated carbocycles. The van der Waals surface area contributed by atoms with E-state index in [9.17, 15) is 9.59 Å². The maximum absolute atomic E-state index is 12.3. The molecule has 3 heterocycles. The van der Waals surface area contributed by atoms with Crippen molar-refractivity contribution < 1.29 is 14.7 Å². The molecule has 7 nitrogen and oxygen atoms in total. The molecule has 1 amide bonds. The normalized spacial score (nSPS) is 17.9. The van der Waals surface area contributed by atoms with E-state index < -0.39 is 11.9 Å². The molecule has 0 spiro atoms. The van der Waals surface area contributed by atoms with Gasteiger partial charge in [-0.05, 0) is 6.42 Å². The molecule has 3 rings (SSSR count). The number of carbonyl (C=O) groups excluding carboxylic acids is 1. The number of aliphatic carboxylic acids is 1. The van der Waals surface area contributed by atoms with E-state index in [0.717, 1.165) is 0 Å². The minimum absolute atomic E-state index is 0.231. The Labute approximate surface area is 124 Å². The Morgan fingerprint density at radius 2 is 2.24 bits per heavy atom. The number of amides is 1. The molecular formula is C13H12N4O3S. The van der Waals surface area contributed by atoms with Crippen LogP contribution in [0.3, 0.4) is 0 Å². The summed E-state index contributed by atoms with van der Waals surface area (Å²) in [4.78, 5) is 37.1. The van der Waals surface area contributed by atoms with Crippen LogP contribution in [0.2, 0.25) is 0 Å². The molecule has 0 aromatic carbocycles. The van der Waals surface area contributed by atoms with Gasteiger partial charge in [-0.15, -0.1) is 11.3 Å². The van der Waals surface area contributed by atoms with E-state index in [1.165, 1.54) is 16.2 Å². The number of nitrogens with zero attached hydrogens (tertiary/aromatic N) is 4. The molecule has 8 heteroatoms. The number of carboxylic acids is 1. The molecule has 1 atom stereocenters. The second-order valence-corrected chi connectivity index (χ2v) is 5.56. The summed E-state index contributed by atoms with van der Waals surface area (Å²) < 4.78 is 0. The van der Waals surface area contributed by atoms with Crippen LogP contribution >= 0.6 is 11.3 Å². The Kier molecular flexibility index (Phi) is 3.61. The predicted octanol–water partition coefficient (Wildman–Crippen LogP) is 1.15. The molecule has 2 aromatic rings. The summed E-state index contributed by atoms with van der Waals surface area (Å²) in [5, 5.41) is 11.3. The first-order chi connectivity index (χ1) is 10.1. The van der Waals surface area contributed by atoms with E-state index in [1.54, 1.807) is 24.0 Å². The van der Waals surface area contributed by atoms with Crippen molar-refractivity contribution in [2.75, 3.05) is 13.1 Å². The Morgan fingerprint density at radius 3 is 2.90 bits per heavy atom. The average Bonchev–Trinajstić information content (AvgIpc) is 3.17. The number of carboxylic acid groups (broad SMARTS) is 1. The van der Waals surface area contributed by atoms with E-state index in [2.05, 4.69) is 15.0 Å². The number of carbonyl (C=O) groups is 2. The van der Waals surface area contributed by atoms with Gasteiger partial charge >= 0.3 is 5.97 Å². The number of rotatable bonds is 3. The zero-order chi connectivity index (χ0) is 14.8. The van der Waals surface area contributed by atoms with Crippen LogP contribution in [0.1, 0.15) is 16.9 Å². The fourth-order valence-corrected chi connectivity index (χ4v) is 2.96. The number of thiazole rings is 1. The molecule has 0 bridgehead atoms. The first-order valence-corrected chi connectivity index (χ1v) is 7.27. The number of hydrogen-bond acceptors (Lipinski definition) is 6. The third-order valence-corrected chi connectivity index (χ3v) is 4.20. The van der Waals surface area contributed by atoms with Crippen LogP contribution in [0.4, 0.5) is 0 Å². The molecule has 0 radical (unpaired) electrons. The largest absolute Gasteiger partial charge is 0.481 e. The van der Waals surface area contributed by atoms with Gasteiger partial charge in [-0.1, -0.05) is 0 Å². The fourth-order valence-electron chi connectivity index (χ4n) is 2.21. The lowest BCUT2D eigenvalue weighted by molar-refractivity contribution is -0.141. The highest BCUT2D eigenvalue weighted by molar-refractivity contribution is 7.13. The van der Waals surface area contributed by atoms with Gasteiger partial charge in [0.15, 0.2) is 0 Å². The zero-order valence-corrected chi connectivity index (χ0v) is 11.8. The van der Waals surface area contributed by atoms with Crippen molar-refractivity contribution in [3.63, 3.8) is 0 Å². The van der Waals surface area contributed by atoms with Crippen molar-refractivity contribution in [2.45, 2.75) is 6.42 Å². The lowest BCUT2D eigenvalue weighted by Crippen LogP contribution is -2.30. The number of aromatic nitrogens is 3. The maximum atomic E-state index is 12.3. The predicted molar refractivity (Wildman–Crippen MR) is 74.8 cm³/mol. The van der Waals surface area contributed by atoms with Crippen LogP contribution < -0.4 is 0 Å². The Morgan fingerprint density at radius 1 is 1.38 bits per heavy atom. The monoisotopic (exact) mass is 304 g/mol. The van der Waals surface area contributed by atoms with Crippen molar-refractivity contribution >= 4 is 23.2 Å². The van der Waals surface area contributed by atoms with E-state index in [-0.39, 0.29) is 12.5 Å². The standard InChI is InChI=1S/C13H12N4O3S/c18-12(17-4-1-8(6-17)13(19)20)10-7-21-11(16-10)9-5-14-2-3-15-9/h2-3,5,7-8H,1,4,6H2,(H,19,20). The second kappa shape index (κ2) is 5.57. The third-order valence-electron chi connectivity index (χ3n) is 3.33. The Hall–Kier alpha value is -2.35. The molecule has 1 unspecified atom stereocenters. The van der Waals surface area contributed by atoms with Crippen LogP contribution in [0.25, 0.3) is 10.7 Å². The summed E-state index contributed by atoms with van der Waals surface area (Å²) in [5.41, 5.74) is 0.943. The SMILES string of the molecule is O=C(O)C1CCN(C(=O)c2csc(-c3cnccn3)n2)C1. The van der Waals surface area contributed by atoms with Crippen LogP contribution in [0.15, 0.2) is 24.0 Å². The fraction of sp³-hybridized carbons (Fsp3) is 0.308. The highest BCUT2D eigenvalue weighted by atomic mass is 32.1.